The molecule has 2 atom stereocenters. The van der Waals surface area contributed by atoms with Crippen LogP contribution < -0.4 is 5.32 Å². The average molecular weight is 205 g/mol. The zero-order valence-corrected chi connectivity index (χ0v) is 9.49. The van der Waals surface area contributed by atoms with E-state index in [2.05, 4.69) is 43.4 Å². The minimum atomic E-state index is 0.329. The van der Waals surface area contributed by atoms with Gasteiger partial charge in [-0.05, 0) is 37.5 Å². The first-order chi connectivity index (χ1) is 7.29. The lowest BCUT2D eigenvalue weighted by atomic mass is 10.1. The Morgan fingerprint density at radius 3 is 2.60 bits per heavy atom. The highest BCUT2D eigenvalue weighted by molar-refractivity contribution is 5.45. The van der Waals surface area contributed by atoms with Gasteiger partial charge in [0, 0.05) is 12.3 Å². The maximum Gasteiger partial charge on any atom is 0.0748 e. The van der Waals surface area contributed by atoms with Gasteiger partial charge in [0.15, 0.2) is 0 Å². The second-order valence-electron chi connectivity index (χ2n) is 4.17. The van der Waals surface area contributed by atoms with Crippen molar-refractivity contribution in [2.45, 2.75) is 38.8 Å². The molecule has 2 nitrogen and oxygen atoms in total. The molecule has 0 bridgehead atoms. The van der Waals surface area contributed by atoms with E-state index in [1.165, 1.54) is 11.3 Å². The molecule has 0 aliphatic carbocycles. The highest BCUT2D eigenvalue weighted by Crippen LogP contribution is 2.19. The van der Waals surface area contributed by atoms with Gasteiger partial charge in [-0.15, -0.1) is 0 Å². The van der Waals surface area contributed by atoms with Crippen molar-refractivity contribution in [2.24, 2.45) is 0 Å². The molecule has 2 rings (SSSR count). The van der Waals surface area contributed by atoms with E-state index in [1.54, 1.807) is 0 Å². The minimum Gasteiger partial charge on any atom is -0.380 e. The van der Waals surface area contributed by atoms with Gasteiger partial charge in [-0.2, -0.15) is 0 Å². The van der Waals surface area contributed by atoms with Gasteiger partial charge in [-0.1, -0.05) is 19.1 Å². The van der Waals surface area contributed by atoms with E-state index in [0.29, 0.717) is 12.1 Å². The SMILES string of the molecule is CCc1ccc(N[C@H]2CCO[C@H]2C)cc1. The number of anilines is 1. The van der Waals surface area contributed by atoms with Crippen molar-refractivity contribution < 1.29 is 4.74 Å². The summed E-state index contributed by atoms with van der Waals surface area (Å²) in [4.78, 5) is 0. The van der Waals surface area contributed by atoms with E-state index in [1.807, 2.05) is 0 Å². The molecule has 0 unspecified atom stereocenters. The van der Waals surface area contributed by atoms with Crippen molar-refractivity contribution >= 4 is 5.69 Å². The smallest absolute Gasteiger partial charge is 0.0748 e. The van der Waals surface area contributed by atoms with Crippen LogP contribution in [0.5, 0.6) is 0 Å². The van der Waals surface area contributed by atoms with Gasteiger partial charge in [-0.3, -0.25) is 0 Å². The number of ether oxygens (including phenoxy) is 1. The zero-order valence-electron chi connectivity index (χ0n) is 9.49. The van der Waals surface area contributed by atoms with E-state index in [0.717, 1.165) is 19.4 Å². The van der Waals surface area contributed by atoms with Crippen LogP contribution in [0.25, 0.3) is 0 Å². The molecule has 0 saturated carbocycles. The Morgan fingerprint density at radius 2 is 2.07 bits per heavy atom. The molecule has 1 aliphatic heterocycles. The molecule has 1 aliphatic rings. The standard InChI is InChI=1S/C13H19NO/c1-3-11-4-6-12(7-5-11)14-13-8-9-15-10(13)2/h4-7,10,13-14H,3,8-9H2,1-2H3/t10-,13-/m0/s1. The summed E-state index contributed by atoms with van der Waals surface area (Å²) in [6.07, 6.45) is 2.54. The maximum absolute atomic E-state index is 5.52. The molecular weight excluding hydrogens is 186 g/mol. The highest BCUT2D eigenvalue weighted by atomic mass is 16.5. The Balaban J connectivity index is 1.98. The van der Waals surface area contributed by atoms with Crippen LogP contribution in [0, 0.1) is 0 Å². The molecule has 0 amide bonds. The first-order valence-electron chi connectivity index (χ1n) is 5.76. The van der Waals surface area contributed by atoms with Crippen LogP contribution in [0.15, 0.2) is 24.3 Å². The fourth-order valence-electron chi connectivity index (χ4n) is 1.97. The van der Waals surface area contributed by atoms with Crippen molar-refractivity contribution in [2.75, 3.05) is 11.9 Å². The second-order valence-corrected chi connectivity index (χ2v) is 4.17. The van der Waals surface area contributed by atoms with Gasteiger partial charge in [0.05, 0.1) is 12.1 Å². The molecule has 1 fully saturated rings. The van der Waals surface area contributed by atoms with Crippen LogP contribution >= 0.6 is 0 Å². The number of hydrogen-bond donors (Lipinski definition) is 1. The summed E-state index contributed by atoms with van der Waals surface area (Å²) in [5.74, 6) is 0. The lowest BCUT2D eigenvalue weighted by molar-refractivity contribution is 0.121. The molecule has 1 saturated heterocycles. The van der Waals surface area contributed by atoms with E-state index in [-0.39, 0.29) is 0 Å². The van der Waals surface area contributed by atoms with Crippen molar-refractivity contribution in [3.8, 4) is 0 Å². The summed E-state index contributed by atoms with van der Waals surface area (Å²) >= 11 is 0. The van der Waals surface area contributed by atoms with Crippen LogP contribution in [-0.4, -0.2) is 18.8 Å². The van der Waals surface area contributed by atoms with Gasteiger partial charge in [-0.25, -0.2) is 0 Å². The molecular formula is C13H19NO. The zero-order chi connectivity index (χ0) is 10.7. The highest BCUT2D eigenvalue weighted by Gasteiger charge is 2.23. The topological polar surface area (TPSA) is 21.3 Å². The molecule has 2 heteroatoms. The Labute approximate surface area is 91.6 Å². The van der Waals surface area contributed by atoms with Crippen LogP contribution in [0.3, 0.4) is 0 Å². The van der Waals surface area contributed by atoms with E-state index in [9.17, 15) is 0 Å². The summed E-state index contributed by atoms with van der Waals surface area (Å²) in [6.45, 7) is 5.19. The number of nitrogens with one attached hydrogen (secondary N) is 1. The first-order valence-corrected chi connectivity index (χ1v) is 5.76. The summed E-state index contributed by atoms with van der Waals surface area (Å²) in [7, 11) is 0. The third kappa shape index (κ3) is 2.51. The summed E-state index contributed by atoms with van der Waals surface area (Å²) in [6, 6.07) is 9.15. The fraction of sp³-hybridized carbons (Fsp3) is 0.538. The fourth-order valence-corrected chi connectivity index (χ4v) is 1.97. The van der Waals surface area contributed by atoms with Crippen LogP contribution in [-0.2, 0) is 11.2 Å². The lowest BCUT2D eigenvalue weighted by Gasteiger charge is -2.17. The number of hydrogen-bond acceptors (Lipinski definition) is 2. The largest absolute Gasteiger partial charge is 0.380 e. The predicted octanol–water partition coefficient (Wildman–Crippen LogP) is 2.84. The average Bonchev–Trinajstić information content (AvgIpc) is 2.66. The van der Waals surface area contributed by atoms with Gasteiger partial charge in [0.2, 0.25) is 0 Å². The molecule has 15 heavy (non-hydrogen) atoms. The third-order valence-electron chi connectivity index (χ3n) is 3.09. The molecule has 0 aromatic heterocycles. The van der Waals surface area contributed by atoms with Crippen LogP contribution in [0.4, 0.5) is 5.69 Å². The van der Waals surface area contributed by atoms with Crippen molar-refractivity contribution in [1.29, 1.82) is 0 Å². The Kier molecular flexibility index (Phi) is 3.27. The Bertz CT molecular complexity index is 307. The van der Waals surface area contributed by atoms with Gasteiger partial charge in [0.1, 0.15) is 0 Å². The van der Waals surface area contributed by atoms with E-state index < -0.39 is 0 Å². The number of benzene rings is 1. The van der Waals surface area contributed by atoms with E-state index >= 15 is 0 Å². The monoisotopic (exact) mass is 205 g/mol. The first kappa shape index (κ1) is 10.5. The number of rotatable bonds is 3. The molecule has 0 radical (unpaired) electrons. The summed E-state index contributed by atoms with van der Waals surface area (Å²) in [5, 5.41) is 3.52. The van der Waals surface area contributed by atoms with Gasteiger partial charge < -0.3 is 10.1 Å². The Hall–Kier alpha value is -1.02. The van der Waals surface area contributed by atoms with Crippen LogP contribution in [0.2, 0.25) is 0 Å². The van der Waals surface area contributed by atoms with Crippen molar-refractivity contribution in [1.82, 2.24) is 0 Å². The van der Waals surface area contributed by atoms with Crippen LogP contribution in [0.1, 0.15) is 25.8 Å². The molecule has 1 heterocycles. The normalized spacial score (nSPS) is 25.5. The Morgan fingerprint density at radius 1 is 1.33 bits per heavy atom. The molecule has 1 N–H and O–H groups in total. The van der Waals surface area contributed by atoms with Crippen molar-refractivity contribution in [3.63, 3.8) is 0 Å². The molecule has 82 valence electrons. The second kappa shape index (κ2) is 4.67. The summed E-state index contributed by atoms with van der Waals surface area (Å²) < 4.78 is 5.52. The maximum atomic E-state index is 5.52. The quantitative estimate of drug-likeness (QED) is 0.819. The van der Waals surface area contributed by atoms with Crippen molar-refractivity contribution in [3.05, 3.63) is 29.8 Å². The van der Waals surface area contributed by atoms with Gasteiger partial charge >= 0.3 is 0 Å². The predicted molar refractivity (Wildman–Crippen MR) is 63.3 cm³/mol. The molecule has 1 aromatic carbocycles. The minimum absolute atomic E-state index is 0.329. The molecule has 1 aromatic rings. The van der Waals surface area contributed by atoms with Gasteiger partial charge in [0.25, 0.3) is 0 Å². The molecule has 0 spiro atoms. The third-order valence-corrected chi connectivity index (χ3v) is 3.09. The number of aryl methyl sites for hydroxylation is 1. The van der Waals surface area contributed by atoms with E-state index in [4.69, 9.17) is 4.74 Å². The lowest BCUT2D eigenvalue weighted by Crippen LogP contribution is -2.26. The summed E-state index contributed by atoms with van der Waals surface area (Å²) in [5.41, 5.74) is 2.59.